The molecule has 0 aliphatic rings. The van der Waals surface area contributed by atoms with Gasteiger partial charge in [0.1, 0.15) is 5.82 Å². The maximum atomic E-state index is 13.4. The fraction of sp³-hybridized carbons (Fsp3) is 0.100. The van der Waals surface area contributed by atoms with Crippen molar-refractivity contribution in [2.75, 3.05) is 5.32 Å². The Kier molecular flexibility index (Phi) is 3.01. The van der Waals surface area contributed by atoms with Gasteiger partial charge in [0.15, 0.2) is 0 Å². The number of nitrogens with zero attached hydrogens (tertiary/aromatic N) is 1. The molecule has 0 amide bonds. The van der Waals surface area contributed by atoms with Crippen LogP contribution in [-0.2, 0) is 6.54 Å². The van der Waals surface area contributed by atoms with Crippen molar-refractivity contribution in [2.45, 2.75) is 6.54 Å². The van der Waals surface area contributed by atoms with E-state index in [1.54, 1.807) is 18.3 Å². The van der Waals surface area contributed by atoms with Gasteiger partial charge in [0.2, 0.25) is 0 Å². The smallest absolute Gasteiger partial charge is 0.147 e. The summed E-state index contributed by atoms with van der Waals surface area (Å²) >= 11 is 3.28. The first-order valence-electron chi connectivity index (χ1n) is 4.43. The van der Waals surface area contributed by atoms with Gasteiger partial charge in [-0.1, -0.05) is 6.07 Å². The Bertz CT molecular complexity index is 422. The highest BCUT2D eigenvalue weighted by atomic mass is 79.9. The second-order valence-corrected chi connectivity index (χ2v) is 3.89. The van der Waals surface area contributed by atoms with Crippen molar-refractivity contribution in [2.24, 2.45) is 0 Å². The summed E-state index contributed by atoms with van der Waals surface area (Å²) in [6.07, 6.45) is 1.66. The van der Waals surface area contributed by atoms with Crippen LogP contribution < -0.4 is 5.32 Å². The van der Waals surface area contributed by atoms with E-state index in [4.69, 9.17) is 0 Å². The van der Waals surface area contributed by atoms with Crippen molar-refractivity contribution in [3.63, 3.8) is 0 Å². The van der Waals surface area contributed by atoms with Gasteiger partial charge in [-0.15, -0.1) is 0 Å². The second-order valence-electron chi connectivity index (χ2n) is 3.03. The number of anilines is 1. The summed E-state index contributed by atoms with van der Waals surface area (Å²) in [5.74, 6) is -0.274. The van der Waals surface area contributed by atoms with Crippen molar-refractivity contribution < 1.29 is 4.39 Å². The fourth-order valence-electron chi connectivity index (χ4n) is 1.23. The van der Waals surface area contributed by atoms with Crippen molar-refractivity contribution in [1.82, 2.24) is 10.2 Å². The minimum atomic E-state index is -0.274. The molecule has 0 unspecified atom stereocenters. The average Bonchev–Trinajstić information content (AvgIpc) is 2.70. The molecule has 0 spiro atoms. The molecule has 0 saturated heterocycles. The molecule has 1 aromatic carbocycles. The first-order valence-corrected chi connectivity index (χ1v) is 5.23. The predicted octanol–water partition coefficient (Wildman–Crippen LogP) is 2.92. The summed E-state index contributed by atoms with van der Waals surface area (Å²) in [5, 5.41) is 9.60. The lowest BCUT2D eigenvalue weighted by Gasteiger charge is -2.07. The van der Waals surface area contributed by atoms with Crippen LogP contribution in [0.2, 0.25) is 0 Å². The van der Waals surface area contributed by atoms with Crippen LogP contribution in [0.15, 0.2) is 34.9 Å². The molecule has 5 heteroatoms. The van der Waals surface area contributed by atoms with Gasteiger partial charge in [-0.25, -0.2) is 4.39 Å². The maximum absolute atomic E-state index is 13.4. The lowest BCUT2D eigenvalue weighted by molar-refractivity contribution is 0.629. The summed E-state index contributed by atoms with van der Waals surface area (Å²) < 4.78 is 14.1. The van der Waals surface area contributed by atoms with Crippen molar-refractivity contribution in [3.8, 4) is 0 Å². The maximum Gasteiger partial charge on any atom is 0.147 e. The third kappa shape index (κ3) is 2.36. The molecule has 0 radical (unpaired) electrons. The molecule has 78 valence electrons. The third-order valence-electron chi connectivity index (χ3n) is 1.98. The molecule has 2 rings (SSSR count). The lowest BCUT2D eigenvalue weighted by atomic mass is 10.3. The summed E-state index contributed by atoms with van der Waals surface area (Å²) in [4.78, 5) is 0. The van der Waals surface area contributed by atoms with E-state index in [1.165, 1.54) is 6.07 Å². The van der Waals surface area contributed by atoms with Gasteiger partial charge >= 0.3 is 0 Å². The Morgan fingerprint density at radius 2 is 2.27 bits per heavy atom. The number of halogens is 2. The predicted molar refractivity (Wildman–Crippen MR) is 60.0 cm³/mol. The SMILES string of the molecule is Fc1cccc(Br)c1NCc1ccn[nH]1. The number of nitrogens with one attached hydrogen (secondary N) is 2. The molecule has 1 heterocycles. The molecule has 15 heavy (non-hydrogen) atoms. The molecule has 2 aromatic rings. The van der Waals surface area contributed by atoms with E-state index in [9.17, 15) is 4.39 Å². The zero-order valence-electron chi connectivity index (χ0n) is 7.80. The molecule has 0 aliphatic heterocycles. The molecule has 0 aliphatic carbocycles. The number of benzene rings is 1. The van der Waals surface area contributed by atoms with Gasteiger partial charge in [0, 0.05) is 10.7 Å². The average molecular weight is 270 g/mol. The number of hydrogen-bond acceptors (Lipinski definition) is 2. The highest BCUT2D eigenvalue weighted by molar-refractivity contribution is 9.10. The van der Waals surface area contributed by atoms with Crippen LogP contribution in [-0.4, -0.2) is 10.2 Å². The van der Waals surface area contributed by atoms with Crippen molar-refractivity contribution in [1.29, 1.82) is 0 Å². The van der Waals surface area contributed by atoms with Crippen LogP contribution in [0.3, 0.4) is 0 Å². The minimum absolute atomic E-state index is 0.274. The van der Waals surface area contributed by atoms with E-state index in [0.29, 0.717) is 16.7 Å². The molecule has 3 nitrogen and oxygen atoms in total. The first-order chi connectivity index (χ1) is 7.27. The zero-order valence-corrected chi connectivity index (χ0v) is 9.38. The summed E-state index contributed by atoms with van der Waals surface area (Å²) in [6.45, 7) is 0.513. The van der Waals surface area contributed by atoms with Gasteiger partial charge < -0.3 is 5.32 Å². The highest BCUT2D eigenvalue weighted by Crippen LogP contribution is 2.25. The monoisotopic (exact) mass is 269 g/mol. The van der Waals surface area contributed by atoms with Crippen LogP contribution >= 0.6 is 15.9 Å². The summed E-state index contributed by atoms with van der Waals surface area (Å²) in [7, 11) is 0. The number of para-hydroxylation sites is 1. The van der Waals surface area contributed by atoms with E-state index < -0.39 is 0 Å². The van der Waals surface area contributed by atoms with Crippen LogP contribution in [0.4, 0.5) is 10.1 Å². The van der Waals surface area contributed by atoms with Gasteiger partial charge in [0.05, 0.1) is 17.9 Å². The Morgan fingerprint density at radius 3 is 2.93 bits per heavy atom. The van der Waals surface area contributed by atoms with Crippen LogP contribution in [0, 0.1) is 5.82 Å². The summed E-state index contributed by atoms with van der Waals surface area (Å²) in [6, 6.07) is 6.70. The molecule has 2 N–H and O–H groups in total. The largest absolute Gasteiger partial charge is 0.376 e. The second kappa shape index (κ2) is 4.44. The number of rotatable bonds is 3. The first kappa shape index (κ1) is 10.2. The Morgan fingerprint density at radius 1 is 1.40 bits per heavy atom. The van der Waals surface area contributed by atoms with Crippen LogP contribution in [0.25, 0.3) is 0 Å². The van der Waals surface area contributed by atoms with Crippen LogP contribution in [0.5, 0.6) is 0 Å². The van der Waals surface area contributed by atoms with E-state index in [1.807, 2.05) is 6.07 Å². The van der Waals surface area contributed by atoms with E-state index >= 15 is 0 Å². The van der Waals surface area contributed by atoms with Gasteiger partial charge in [-0.3, -0.25) is 5.10 Å². The van der Waals surface area contributed by atoms with Crippen molar-refractivity contribution in [3.05, 3.63) is 46.4 Å². The number of aromatic nitrogens is 2. The Labute approximate surface area is 94.8 Å². The molecule has 1 aromatic heterocycles. The number of hydrogen-bond donors (Lipinski definition) is 2. The van der Waals surface area contributed by atoms with E-state index in [2.05, 4.69) is 31.4 Å². The molecule has 0 saturated carbocycles. The van der Waals surface area contributed by atoms with E-state index in [-0.39, 0.29) is 5.82 Å². The van der Waals surface area contributed by atoms with Crippen LogP contribution in [0.1, 0.15) is 5.69 Å². The fourth-order valence-corrected chi connectivity index (χ4v) is 1.72. The molecular weight excluding hydrogens is 261 g/mol. The number of H-pyrrole nitrogens is 1. The Balaban J connectivity index is 2.11. The minimum Gasteiger partial charge on any atom is -0.376 e. The molecular formula is C10H9BrFN3. The normalized spacial score (nSPS) is 10.3. The molecule has 0 atom stereocenters. The van der Waals surface area contributed by atoms with Gasteiger partial charge in [0.25, 0.3) is 0 Å². The van der Waals surface area contributed by atoms with Gasteiger partial charge in [-0.05, 0) is 34.1 Å². The highest BCUT2D eigenvalue weighted by Gasteiger charge is 2.05. The topological polar surface area (TPSA) is 40.7 Å². The van der Waals surface area contributed by atoms with E-state index in [0.717, 1.165) is 5.69 Å². The van der Waals surface area contributed by atoms with Crippen molar-refractivity contribution >= 4 is 21.6 Å². The molecule has 0 fully saturated rings. The summed E-state index contributed by atoms with van der Waals surface area (Å²) in [5.41, 5.74) is 1.37. The lowest BCUT2D eigenvalue weighted by Crippen LogP contribution is -2.02. The molecule has 0 bridgehead atoms. The van der Waals surface area contributed by atoms with Gasteiger partial charge in [-0.2, -0.15) is 5.10 Å². The zero-order chi connectivity index (χ0) is 10.7. The number of aromatic amines is 1. The third-order valence-corrected chi connectivity index (χ3v) is 2.64. The Hall–Kier alpha value is -1.36. The quantitative estimate of drug-likeness (QED) is 0.900. The standard InChI is InChI=1S/C10H9BrFN3/c11-8-2-1-3-9(12)10(8)13-6-7-4-5-14-15-7/h1-5,13H,6H2,(H,14,15).